The fourth-order valence-electron chi connectivity index (χ4n) is 3.45. The van der Waals surface area contributed by atoms with Gasteiger partial charge in [0.2, 0.25) is 5.95 Å². The zero-order valence-corrected chi connectivity index (χ0v) is 27.8. The number of fused-ring (bicyclic) bond motifs is 1. The van der Waals surface area contributed by atoms with Gasteiger partial charge < -0.3 is 15.2 Å². The van der Waals surface area contributed by atoms with E-state index in [9.17, 15) is 9.18 Å². The molecular formula is C26H26B6Cl3FIN5O. The number of alkyl halides is 3. The van der Waals surface area contributed by atoms with Gasteiger partial charge in [0.1, 0.15) is 5.82 Å². The van der Waals surface area contributed by atoms with Crippen LogP contribution < -0.4 is 16.0 Å². The number of carbonyl (C=O) groups is 1. The summed E-state index contributed by atoms with van der Waals surface area (Å²) in [6.07, 6.45) is 0.776. The number of carbonyl (C=O) groups excluding carboxylic acids is 1. The van der Waals surface area contributed by atoms with Crippen LogP contribution in [0.15, 0.2) is 84.6 Å². The van der Waals surface area contributed by atoms with Crippen molar-refractivity contribution >= 4 is 131 Å². The molecule has 17 heteroatoms. The minimum Gasteiger partial charge on any atom is -0.317 e. The predicted molar refractivity (Wildman–Crippen MR) is 197 cm³/mol. The zero-order valence-electron chi connectivity index (χ0n) is 23.2. The molecule has 0 saturated carbocycles. The third-order valence-corrected chi connectivity index (χ3v) is 5.28. The molecule has 8 radical (unpaired) electrons. The molecule has 214 valence electrons. The first-order valence-corrected chi connectivity index (χ1v) is 13.8. The van der Waals surface area contributed by atoms with Gasteiger partial charge in [-0.2, -0.15) is 0 Å². The van der Waals surface area contributed by atoms with Crippen LogP contribution in [0.5, 0.6) is 0 Å². The number of nitrogens with zero attached hydrogens (tertiary/aromatic N) is 2. The van der Waals surface area contributed by atoms with Crippen molar-refractivity contribution in [2.45, 2.75) is 23.2 Å². The Labute approximate surface area is 290 Å². The Hall–Kier alpha value is -2.08. The van der Waals surface area contributed by atoms with Gasteiger partial charge in [-0.05, 0) is 86.9 Å². The van der Waals surface area contributed by atoms with Gasteiger partial charge in [0.05, 0.1) is 11.0 Å². The molecule has 2 aromatic carbocycles. The maximum Gasteiger partial charge on any atom is 0.326 e. The molecule has 1 aliphatic rings. The minimum atomic E-state index is -0.750. The molecule has 1 aromatic heterocycles. The Bertz CT molecular complexity index is 1380. The van der Waals surface area contributed by atoms with Gasteiger partial charge in [0.25, 0.3) is 0 Å². The molecule has 2 heterocycles. The van der Waals surface area contributed by atoms with Gasteiger partial charge >= 0.3 is 6.03 Å². The molecular weight excluding hydrogens is 715 g/mol. The number of hydrogen-bond donors (Lipinski definition) is 3. The van der Waals surface area contributed by atoms with E-state index in [1.807, 2.05) is 24.3 Å². The molecule has 1 fully saturated rings. The first-order valence-electron chi connectivity index (χ1n) is 12.5. The third-order valence-electron chi connectivity index (χ3n) is 5.28. The van der Waals surface area contributed by atoms with E-state index < -0.39 is 23.1 Å². The van der Waals surface area contributed by atoms with Gasteiger partial charge in [-0.1, -0.05) is 58.4 Å². The van der Waals surface area contributed by atoms with Crippen LogP contribution in [-0.4, -0.2) is 76.7 Å². The van der Waals surface area contributed by atoms with Gasteiger partial charge in [-0.3, -0.25) is 5.32 Å². The quantitative estimate of drug-likeness (QED) is 0.144. The molecule has 4 rings (SSSR count). The average Bonchev–Trinajstić information content (AvgIpc) is 3.31. The predicted octanol–water partition coefficient (Wildman–Crippen LogP) is 5.49. The second-order valence-electron chi connectivity index (χ2n) is 8.37. The summed E-state index contributed by atoms with van der Waals surface area (Å²) in [7, 11) is 19.9. The monoisotopic (exact) mass is 741 g/mol. The van der Waals surface area contributed by atoms with Crippen LogP contribution in [0, 0.1) is 5.82 Å². The lowest BCUT2D eigenvalue weighted by molar-refractivity contribution is 0.261. The number of piperidine rings is 1. The lowest BCUT2D eigenvalue weighted by Gasteiger charge is -2.26. The van der Waals surface area contributed by atoms with Crippen molar-refractivity contribution in [1.29, 1.82) is 0 Å². The van der Waals surface area contributed by atoms with E-state index in [4.69, 9.17) is 65.8 Å². The van der Waals surface area contributed by atoms with Crippen LogP contribution in [0.25, 0.3) is 11.0 Å². The molecule has 0 atom stereocenters. The minimum absolute atomic E-state index is 0. The summed E-state index contributed by atoms with van der Waals surface area (Å²) in [6, 6.07) is 13.4. The highest BCUT2D eigenvalue weighted by Gasteiger charge is 2.22. The third kappa shape index (κ3) is 17.1. The number of anilines is 2. The lowest BCUT2D eigenvalue weighted by atomic mass is 8.81. The number of aromatic nitrogens is 2. The second kappa shape index (κ2) is 23.3. The Morgan fingerprint density at radius 1 is 0.977 bits per heavy atom. The smallest absolute Gasteiger partial charge is 0.317 e. The number of rotatable bonds is 4. The number of nitrogens with one attached hydrogen (secondary N) is 3. The van der Waals surface area contributed by atoms with Crippen molar-refractivity contribution < 1.29 is 9.18 Å². The molecule has 6 nitrogen and oxygen atoms in total. The van der Waals surface area contributed by atoms with Gasteiger partial charge in [0.15, 0.2) is 4.30 Å². The van der Waals surface area contributed by atoms with Crippen molar-refractivity contribution in [2.75, 3.05) is 23.7 Å². The average molecular weight is 742 g/mol. The van der Waals surface area contributed by atoms with E-state index in [1.165, 1.54) is 24.3 Å². The molecule has 1 aliphatic heterocycles. The molecule has 3 N–H and O–H groups in total. The Balaban J connectivity index is 0.000000862. The number of urea groups is 1. The number of amides is 2. The molecule has 1 saturated heterocycles. The van der Waals surface area contributed by atoms with E-state index in [-0.39, 0.29) is 35.8 Å². The summed E-state index contributed by atoms with van der Waals surface area (Å²) in [4.78, 5) is 17.0. The molecule has 0 bridgehead atoms. The van der Waals surface area contributed by atoms with Crippen LogP contribution in [0.3, 0.4) is 0 Å². The second-order valence-corrected chi connectivity index (χ2v) is 10.3. The lowest BCUT2D eigenvalue weighted by Crippen LogP contribution is -2.38. The van der Waals surface area contributed by atoms with Crippen LogP contribution >= 0.6 is 58.8 Å². The van der Waals surface area contributed by atoms with E-state index in [0.717, 1.165) is 37.0 Å². The Morgan fingerprint density at radius 2 is 1.49 bits per heavy atom. The van der Waals surface area contributed by atoms with Crippen molar-refractivity contribution in [3.63, 3.8) is 0 Å². The topological polar surface area (TPSA) is 71.0 Å². The zero-order chi connectivity index (χ0) is 31.5. The van der Waals surface area contributed by atoms with E-state index in [2.05, 4.69) is 61.6 Å². The van der Waals surface area contributed by atoms with Crippen molar-refractivity contribution in [3.8, 4) is 0 Å². The Kier molecular flexibility index (Phi) is 22.2. The summed E-state index contributed by atoms with van der Waals surface area (Å²) in [5, 5.41) is 8.92. The summed E-state index contributed by atoms with van der Waals surface area (Å²) in [5.74, 6) is 0.182. The van der Waals surface area contributed by atoms with E-state index in [1.54, 1.807) is 0 Å². The molecule has 43 heavy (non-hydrogen) atoms. The summed E-state index contributed by atoms with van der Waals surface area (Å²) < 4.78 is 14.4. The normalized spacial score (nSPS) is 11.5. The number of imidazole rings is 1. The number of para-hydroxylation sites is 2. The summed E-state index contributed by atoms with van der Waals surface area (Å²) in [5.41, 5.74) is 11.9. The highest BCUT2D eigenvalue weighted by molar-refractivity contribution is 14.0. The van der Waals surface area contributed by atoms with E-state index >= 15 is 0 Å². The number of halogens is 5. The highest BCUT2D eigenvalue weighted by Crippen LogP contribution is 2.29. The SMILES string of the molecule is C=C=C=C=C=C.ClC(Cl)Cl.I.O=C(Nc1ccc(F)cc1)Nc1nc2ccccc2n1C1CCNCC1.[B]B([B])B([B])[B]. The standard InChI is InChI=1S/C19H20FN5O.C6H4.CHCl3.B6.HI/c20-13-5-7-14(8-6-13)22-19(26)24-18-23-16-3-1-2-4-17(16)25(18)15-9-11-21-12-10-15;1-3-5-6-4-2;2-1(3)4;1-5(2)6(3)4;/h1-8,15,21H,9-12H2,(H2,22,23,24,26);1-2H2;1H;;1H. The van der Waals surface area contributed by atoms with Gasteiger partial charge in [-0.25, -0.2) is 14.2 Å². The largest absolute Gasteiger partial charge is 0.326 e. The van der Waals surface area contributed by atoms with Gasteiger partial charge in [0, 0.05) is 55.4 Å². The van der Waals surface area contributed by atoms with Crippen LogP contribution in [0.1, 0.15) is 18.9 Å². The molecule has 0 aliphatic carbocycles. The first kappa shape index (κ1) is 40.9. The van der Waals surface area contributed by atoms with Crippen LogP contribution in [-0.2, 0) is 0 Å². The molecule has 2 amide bonds. The summed E-state index contributed by atoms with van der Waals surface area (Å²) >= 11 is 14.4. The fraction of sp³-hybridized carbons (Fsp3) is 0.231. The fourth-order valence-corrected chi connectivity index (χ4v) is 3.45. The van der Waals surface area contributed by atoms with Crippen molar-refractivity contribution in [3.05, 3.63) is 90.4 Å². The first-order chi connectivity index (χ1) is 20.0. The molecule has 3 aromatic rings. The van der Waals surface area contributed by atoms with Crippen LogP contribution in [0.2, 0.25) is 0 Å². The van der Waals surface area contributed by atoms with Gasteiger partial charge in [-0.15, -0.1) is 24.0 Å². The maximum atomic E-state index is 13.0. The highest BCUT2D eigenvalue weighted by atomic mass is 127. The Morgan fingerprint density at radius 3 is 1.98 bits per heavy atom. The summed E-state index contributed by atoms with van der Waals surface area (Å²) in [6.45, 7) is 8.35. The number of benzene rings is 2. The molecule has 0 unspecified atom stereocenters. The number of hydrogen-bond acceptors (Lipinski definition) is 3. The van der Waals surface area contributed by atoms with Crippen molar-refractivity contribution in [2.24, 2.45) is 0 Å². The van der Waals surface area contributed by atoms with Crippen molar-refractivity contribution in [1.82, 2.24) is 14.9 Å². The van der Waals surface area contributed by atoms with E-state index in [0.29, 0.717) is 11.6 Å². The maximum absolute atomic E-state index is 13.0. The molecule has 0 spiro atoms. The van der Waals surface area contributed by atoms with Crippen LogP contribution in [0.4, 0.5) is 20.8 Å².